The van der Waals surface area contributed by atoms with Crippen LogP contribution in [0.15, 0.2) is 34.2 Å². The smallest absolute Gasteiger partial charge is 0.278 e. The Kier molecular flexibility index (Phi) is 7.33. The number of hydrogen-bond acceptors (Lipinski definition) is 6. The topological polar surface area (TPSA) is 117 Å². The van der Waals surface area contributed by atoms with Crippen LogP contribution in [0.25, 0.3) is 11.3 Å². The molecule has 3 aromatic rings. The van der Waals surface area contributed by atoms with E-state index in [0.29, 0.717) is 11.3 Å². The van der Waals surface area contributed by atoms with Crippen LogP contribution in [0.2, 0.25) is 0 Å². The maximum Gasteiger partial charge on any atom is 0.278 e. The third-order valence-electron chi connectivity index (χ3n) is 4.99. The second-order valence-corrected chi connectivity index (χ2v) is 9.07. The molecule has 0 fully saturated rings. The van der Waals surface area contributed by atoms with Crippen molar-refractivity contribution in [2.75, 3.05) is 16.4 Å². The summed E-state index contributed by atoms with van der Waals surface area (Å²) in [5, 5.41) is 14.1. The van der Waals surface area contributed by atoms with E-state index in [0.717, 1.165) is 45.3 Å². The van der Waals surface area contributed by atoms with Gasteiger partial charge in [-0.25, -0.2) is 0 Å². The monoisotopic (exact) mass is 465 g/mol. The number of aryl methyl sites for hydroxylation is 5. The summed E-state index contributed by atoms with van der Waals surface area (Å²) in [5.41, 5.74) is 6.33. The Balaban J connectivity index is 1.78. The van der Waals surface area contributed by atoms with E-state index in [9.17, 15) is 14.4 Å². The third-order valence-corrected chi connectivity index (χ3v) is 5.86. The maximum absolute atomic E-state index is 12.8. The van der Waals surface area contributed by atoms with Crippen LogP contribution in [0.1, 0.15) is 34.7 Å². The van der Waals surface area contributed by atoms with E-state index in [1.165, 1.54) is 6.92 Å². The number of nitrogens with zero attached hydrogens (tertiary/aromatic N) is 2. The van der Waals surface area contributed by atoms with Crippen LogP contribution < -0.4 is 16.2 Å². The predicted octanol–water partition coefficient (Wildman–Crippen LogP) is 4.06. The van der Waals surface area contributed by atoms with E-state index >= 15 is 0 Å². The fraction of sp³-hybridized carbons (Fsp3) is 0.292. The number of H-pyrrole nitrogens is 1. The van der Waals surface area contributed by atoms with E-state index in [2.05, 4.69) is 25.8 Å². The number of rotatable bonds is 6. The van der Waals surface area contributed by atoms with Crippen molar-refractivity contribution in [3.63, 3.8) is 0 Å². The van der Waals surface area contributed by atoms with E-state index < -0.39 is 5.56 Å². The molecule has 0 saturated carbocycles. The lowest BCUT2D eigenvalue weighted by atomic mass is 10.0. The molecule has 2 aromatic carbocycles. The van der Waals surface area contributed by atoms with E-state index in [1.54, 1.807) is 6.07 Å². The first-order valence-corrected chi connectivity index (χ1v) is 11.4. The van der Waals surface area contributed by atoms with Crippen molar-refractivity contribution in [1.82, 2.24) is 15.2 Å². The van der Waals surface area contributed by atoms with Gasteiger partial charge in [-0.05, 0) is 57.4 Å². The van der Waals surface area contributed by atoms with Gasteiger partial charge in [-0.1, -0.05) is 41.1 Å². The van der Waals surface area contributed by atoms with Gasteiger partial charge in [-0.2, -0.15) is 0 Å². The Bertz CT molecular complexity index is 1280. The molecule has 0 bridgehead atoms. The molecule has 33 heavy (non-hydrogen) atoms. The quantitative estimate of drug-likeness (QED) is 0.473. The molecule has 3 N–H and O–H groups in total. The lowest BCUT2D eigenvalue weighted by molar-refractivity contribution is -0.114. The van der Waals surface area contributed by atoms with E-state index in [-0.39, 0.29) is 28.4 Å². The minimum absolute atomic E-state index is 0.0669. The van der Waals surface area contributed by atoms with Gasteiger partial charge in [0, 0.05) is 18.2 Å². The van der Waals surface area contributed by atoms with Crippen molar-refractivity contribution in [2.24, 2.45) is 0 Å². The molecule has 1 aromatic heterocycles. The molecule has 3 rings (SSSR count). The van der Waals surface area contributed by atoms with Gasteiger partial charge in [-0.15, -0.1) is 10.2 Å². The Morgan fingerprint density at radius 3 is 2.03 bits per heavy atom. The zero-order valence-electron chi connectivity index (χ0n) is 19.5. The summed E-state index contributed by atoms with van der Waals surface area (Å²) < 4.78 is 0. The SMILES string of the molecule is CC(=O)Nc1c(C)cc(C)cc1-c1nnc(SCC(=O)Nc2c(C)cc(C)cc2C)[nH]c1=O. The zero-order valence-corrected chi connectivity index (χ0v) is 20.4. The first-order chi connectivity index (χ1) is 15.5. The number of aromatic nitrogens is 3. The molecule has 0 saturated heterocycles. The fourth-order valence-electron chi connectivity index (χ4n) is 3.75. The minimum Gasteiger partial charge on any atom is -0.325 e. The third kappa shape index (κ3) is 5.87. The number of amides is 2. The molecule has 1 heterocycles. The van der Waals surface area contributed by atoms with Crippen molar-refractivity contribution >= 4 is 35.0 Å². The summed E-state index contributed by atoms with van der Waals surface area (Å²) in [6, 6.07) is 7.72. The van der Waals surface area contributed by atoms with Gasteiger partial charge in [0.2, 0.25) is 11.8 Å². The van der Waals surface area contributed by atoms with E-state index in [4.69, 9.17) is 0 Å². The highest BCUT2D eigenvalue weighted by Gasteiger charge is 2.17. The van der Waals surface area contributed by atoms with Gasteiger partial charge < -0.3 is 10.6 Å². The second kappa shape index (κ2) is 9.99. The van der Waals surface area contributed by atoms with Gasteiger partial charge in [0.1, 0.15) is 0 Å². The van der Waals surface area contributed by atoms with Crippen LogP contribution >= 0.6 is 11.8 Å². The molecule has 0 aliphatic carbocycles. The van der Waals surface area contributed by atoms with Crippen LogP contribution in [-0.4, -0.2) is 32.7 Å². The standard InChI is InChI=1S/C24H27N5O3S/c1-12-7-14(3)20(15(4)8-12)26-19(31)11-33-24-27-23(32)22(28-29-24)18-10-13(2)9-16(5)21(18)25-17(6)30/h7-10H,11H2,1-6H3,(H,25,30)(H,26,31)(H,27,29,32). The highest BCUT2D eigenvalue weighted by Crippen LogP contribution is 2.29. The summed E-state index contributed by atoms with van der Waals surface area (Å²) in [6.07, 6.45) is 0. The first kappa shape index (κ1) is 24.2. The highest BCUT2D eigenvalue weighted by molar-refractivity contribution is 7.99. The second-order valence-electron chi connectivity index (χ2n) is 8.10. The van der Waals surface area contributed by atoms with Crippen molar-refractivity contribution in [2.45, 2.75) is 46.7 Å². The number of nitrogens with one attached hydrogen (secondary N) is 3. The average molecular weight is 466 g/mol. The lowest BCUT2D eigenvalue weighted by Gasteiger charge is -2.14. The summed E-state index contributed by atoms with van der Waals surface area (Å²) in [6.45, 7) is 11.1. The predicted molar refractivity (Wildman–Crippen MR) is 132 cm³/mol. The number of carbonyl (C=O) groups is 2. The molecule has 8 nitrogen and oxygen atoms in total. The normalized spacial score (nSPS) is 10.7. The van der Waals surface area contributed by atoms with Crippen LogP contribution in [0.3, 0.4) is 0 Å². The van der Waals surface area contributed by atoms with Crippen molar-refractivity contribution in [1.29, 1.82) is 0 Å². The van der Waals surface area contributed by atoms with Gasteiger partial charge in [0.25, 0.3) is 5.56 Å². The molecule has 0 atom stereocenters. The van der Waals surface area contributed by atoms with Gasteiger partial charge >= 0.3 is 0 Å². The molecule has 172 valence electrons. The number of thioether (sulfide) groups is 1. The number of aromatic amines is 1. The van der Waals surface area contributed by atoms with Crippen LogP contribution in [0.4, 0.5) is 11.4 Å². The number of benzene rings is 2. The van der Waals surface area contributed by atoms with Gasteiger partial charge in [0.05, 0.1) is 11.4 Å². The van der Waals surface area contributed by atoms with Crippen molar-refractivity contribution in [3.8, 4) is 11.3 Å². The molecule has 2 amide bonds. The van der Waals surface area contributed by atoms with E-state index in [1.807, 2.05) is 52.8 Å². The number of hydrogen-bond donors (Lipinski definition) is 3. The average Bonchev–Trinajstić information content (AvgIpc) is 2.71. The first-order valence-electron chi connectivity index (χ1n) is 10.4. The largest absolute Gasteiger partial charge is 0.325 e. The van der Waals surface area contributed by atoms with Crippen LogP contribution in [0.5, 0.6) is 0 Å². The molecule has 0 aliphatic heterocycles. The Morgan fingerprint density at radius 2 is 1.45 bits per heavy atom. The Labute approximate surface area is 196 Å². The maximum atomic E-state index is 12.8. The molecule has 0 radical (unpaired) electrons. The van der Waals surface area contributed by atoms with Crippen molar-refractivity contribution < 1.29 is 9.59 Å². The number of carbonyl (C=O) groups excluding carboxylic acids is 2. The molecular weight excluding hydrogens is 438 g/mol. The minimum atomic E-state index is -0.449. The lowest BCUT2D eigenvalue weighted by Crippen LogP contribution is -2.19. The highest BCUT2D eigenvalue weighted by atomic mass is 32.2. The summed E-state index contributed by atoms with van der Waals surface area (Å²) >= 11 is 1.09. The fourth-order valence-corrected chi connectivity index (χ4v) is 4.35. The molecular formula is C24H27N5O3S. The molecule has 0 aliphatic rings. The van der Waals surface area contributed by atoms with Gasteiger partial charge in [-0.3, -0.25) is 19.4 Å². The summed E-state index contributed by atoms with van der Waals surface area (Å²) in [4.78, 5) is 39.6. The summed E-state index contributed by atoms with van der Waals surface area (Å²) in [7, 11) is 0. The molecule has 0 spiro atoms. The zero-order chi connectivity index (χ0) is 24.3. The number of anilines is 2. The summed E-state index contributed by atoms with van der Waals surface area (Å²) in [5.74, 6) is -0.383. The van der Waals surface area contributed by atoms with Crippen molar-refractivity contribution in [3.05, 3.63) is 62.4 Å². The Hall–Kier alpha value is -3.46. The molecule has 9 heteroatoms. The van der Waals surface area contributed by atoms with Crippen LogP contribution in [0, 0.1) is 34.6 Å². The van der Waals surface area contributed by atoms with Gasteiger partial charge in [0.15, 0.2) is 10.9 Å². The van der Waals surface area contributed by atoms with Crippen LogP contribution in [-0.2, 0) is 9.59 Å². The molecule has 0 unspecified atom stereocenters. The Morgan fingerprint density at radius 1 is 0.879 bits per heavy atom.